The van der Waals surface area contributed by atoms with Gasteiger partial charge in [0.1, 0.15) is 6.10 Å². The number of halogens is 2. The van der Waals surface area contributed by atoms with Gasteiger partial charge in [-0.25, -0.2) is 14.2 Å². The van der Waals surface area contributed by atoms with E-state index in [0.29, 0.717) is 18.7 Å². The Balaban J connectivity index is 1.79. The Morgan fingerprint density at radius 2 is 2.14 bits per heavy atom. The molecular formula is C15H19F2N3O2. The molecular weight excluding hydrogens is 292 g/mol. The minimum atomic E-state index is -1.03. The van der Waals surface area contributed by atoms with E-state index in [-0.39, 0.29) is 23.9 Å². The fraction of sp³-hybridized carbons (Fsp3) is 0.533. The van der Waals surface area contributed by atoms with E-state index in [1.54, 1.807) is 11.0 Å². The van der Waals surface area contributed by atoms with Gasteiger partial charge in [-0.05, 0) is 31.0 Å². The molecule has 0 spiro atoms. The van der Waals surface area contributed by atoms with Crippen LogP contribution in [0.3, 0.4) is 0 Å². The fourth-order valence-corrected chi connectivity index (χ4v) is 3.30. The predicted molar refractivity (Wildman–Crippen MR) is 75.5 cm³/mol. The summed E-state index contributed by atoms with van der Waals surface area (Å²) in [7, 11) is 0. The number of nitrogens with one attached hydrogen (secondary N) is 2. The van der Waals surface area contributed by atoms with Gasteiger partial charge in [0.05, 0.1) is 6.04 Å². The second kappa shape index (κ2) is 5.91. The van der Waals surface area contributed by atoms with Crippen molar-refractivity contribution in [3.05, 3.63) is 35.4 Å². The number of likely N-dealkylation sites (tertiary alicyclic amines) is 1. The van der Waals surface area contributed by atoms with Crippen LogP contribution >= 0.6 is 0 Å². The highest BCUT2D eigenvalue weighted by atomic mass is 19.2. The number of rotatable bonds is 2. The minimum absolute atomic E-state index is 0.0429. The molecule has 0 aliphatic carbocycles. The molecule has 2 aliphatic heterocycles. The summed E-state index contributed by atoms with van der Waals surface area (Å²) >= 11 is 0. The van der Waals surface area contributed by atoms with Crippen LogP contribution in [-0.4, -0.2) is 41.1 Å². The van der Waals surface area contributed by atoms with Gasteiger partial charge in [-0.15, -0.1) is 0 Å². The van der Waals surface area contributed by atoms with Gasteiger partial charge in [-0.1, -0.05) is 6.07 Å². The highest BCUT2D eigenvalue weighted by Crippen LogP contribution is 2.34. The molecule has 22 heavy (non-hydrogen) atoms. The van der Waals surface area contributed by atoms with Gasteiger partial charge < -0.3 is 10.0 Å². The molecule has 1 aromatic carbocycles. The summed E-state index contributed by atoms with van der Waals surface area (Å²) in [5, 5.41) is 9.45. The number of amides is 1. The average molecular weight is 311 g/mol. The summed E-state index contributed by atoms with van der Waals surface area (Å²) in [5.41, 5.74) is 6.92. The summed E-state index contributed by atoms with van der Waals surface area (Å²) in [6, 6.07) is 3.81. The molecule has 4 atom stereocenters. The van der Waals surface area contributed by atoms with Crippen LogP contribution in [0.2, 0.25) is 0 Å². The molecule has 3 N–H and O–H groups in total. The highest BCUT2D eigenvalue weighted by Gasteiger charge is 2.42. The first-order valence-electron chi connectivity index (χ1n) is 7.40. The van der Waals surface area contributed by atoms with E-state index in [0.717, 1.165) is 12.5 Å². The van der Waals surface area contributed by atoms with E-state index < -0.39 is 17.7 Å². The lowest BCUT2D eigenvalue weighted by atomic mass is 9.85. The molecule has 0 saturated carbocycles. The number of aliphatic hydroxyl groups excluding tert-OH is 1. The summed E-state index contributed by atoms with van der Waals surface area (Å²) < 4.78 is 26.5. The van der Waals surface area contributed by atoms with E-state index in [9.17, 15) is 18.7 Å². The van der Waals surface area contributed by atoms with Gasteiger partial charge in [0, 0.05) is 25.0 Å². The Morgan fingerprint density at radius 1 is 1.36 bits per heavy atom. The number of benzene rings is 1. The van der Waals surface area contributed by atoms with Gasteiger partial charge in [0.15, 0.2) is 11.6 Å². The van der Waals surface area contributed by atoms with Gasteiger partial charge in [-0.3, -0.25) is 10.2 Å². The molecule has 2 aliphatic rings. The van der Waals surface area contributed by atoms with Crippen molar-refractivity contribution < 1.29 is 18.7 Å². The molecule has 120 valence electrons. The second-order valence-corrected chi connectivity index (χ2v) is 5.96. The molecule has 1 aromatic rings. The van der Waals surface area contributed by atoms with E-state index in [1.807, 2.05) is 0 Å². The second-order valence-electron chi connectivity index (χ2n) is 5.96. The summed E-state index contributed by atoms with van der Waals surface area (Å²) in [5.74, 6) is -2.01. The Labute approximate surface area is 127 Å². The van der Waals surface area contributed by atoms with E-state index in [4.69, 9.17) is 0 Å². The van der Waals surface area contributed by atoms with Crippen molar-refractivity contribution in [2.75, 3.05) is 13.1 Å². The minimum Gasteiger partial charge on any atom is -0.384 e. The summed E-state index contributed by atoms with van der Waals surface area (Å²) in [4.78, 5) is 13.6. The lowest BCUT2D eigenvalue weighted by Gasteiger charge is -2.36. The molecule has 0 radical (unpaired) electrons. The monoisotopic (exact) mass is 311 g/mol. The Morgan fingerprint density at radius 3 is 2.82 bits per heavy atom. The zero-order valence-electron chi connectivity index (χ0n) is 12.2. The van der Waals surface area contributed by atoms with Crippen molar-refractivity contribution in [2.45, 2.75) is 31.5 Å². The van der Waals surface area contributed by atoms with E-state index >= 15 is 0 Å². The summed E-state index contributed by atoms with van der Waals surface area (Å²) in [6.45, 7) is 2.49. The van der Waals surface area contributed by atoms with Crippen molar-refractivity contribution in [3.63, 3.8) is 0 Å². The topological polar surface area (TPSA) is 64.6 Å². The quantitative estimate of drug-likeness (QED) is 0.753. The molecule has 1 amide bonds. The molecule has 7 heteroatoms. The lowest BCUT2D eigenvalue weighted by molar-refractivity contribution is -0.141. The molecule has 0 bridgehead atoms. The maximum absolute atomic E-state index is 13.4. The average Bonchev–Trinajstić information content (AvgIpc) is 2.92. The lowest BCUT2D eigenvalue weighted by Crippen LogP contribution is -2.50. The largest absolute Gasteiger partial charge is 0.384 e. The third-order valence-electron chi connectivity index (χ3n) is 4.48. The smallest absolute Gasteiger partial charge is 0.251 e. The van der Waals surface area contributed by atoms with Crippen LogP contribution in [0.1, 0.15) is 24.9 Å². The first kappa shape index (κ1) is 15.3. The zero-order chi connectivity index (χ0) is 15.9. The van der Waals surface area contributed by atoms with Crippen molar-refractivity contribution in [3.8, 4) is 0 Å². The fourth-order valence-electron chi connectivity index (χ4n) is 3.30. The number of hydrazine groups is 1. The third kappa shape index (κ3) is 2.71. The zero-order valence-corrected chi connectivity index (χ0v) is 12.2. The van der Waals surface area contributed by atoms with Gasteiger partial charge >= 0.3 is 0 Å². The van der Waals surface area contributed by atoms with Crippen LogP contribution < -0.4 is 10.9 Å². The Bertz CT molecular complexity index is 582. The third-order valence-corrected chi connectivity index (χ3v) is 4.48. The molecule has 5 nitrogen and oxygen atoms in total. The maximum Gasteiger partial charge on any atom is 0.251 e. The number of piperidine rings is 1. The summed E-state index contributed by atoms with van der Waals surface area (Å²) in [6.07, 6.45) is -0.281. The van der Waals surface area contributed by atoms with Crippen molar-refractivity contribution >= 4 is 5.91 Å². The van der Waals surface area contributed by atoms with Crippen molar-refractivity contribution in [1.82, 2.24) is 15.8 Å². The van der Waals surface area contributed by atoms with Crippen LogP contribution in [0.5, 0.6) is 0 Å². The molecule has 2 saturated heterocycles. The maximum atomic E-state index is 13.4. The van der Waals surface area contributed by atoms with E-state index in [2.05, 4.69) is 10.9 Å². The van der Waals surface area contributed by atoms with Gasteiger partial charge in [0.2, 0.25) is 0 Å². The normalized spacial score (nSPS) is 29.3. The number of hydrogen-bond donors (Lipinski definition) is 3. The number of aliphatic hydroxyl groups is 1. The SMILES string of the molecule is CC(O)C(=O)N1CCC2NNC(c3ccc(F)c(F)c3)C2C1. The Hall–Kier alpha value is -1.57. The van der Waals surface area contributed by atoms with Crippen molar-refractivity contribution in [1.29, 1.82) is 0 Å². The molecule has 4 unspecified atom stereocenters. The van der Waals surface area contributed by atoms with Crippen LogP contribution in [0.15, 0.2) is 18.2 Å². The van der Waals surface area contributed by atoms with Crippen LogP contribution in [-0.2, 0) is 4.79 Å². The van der Waals surface area contributed by atoms with Crippen molar-refractivity contribution in [2.24, 2.45) is 5.92 Å². The number of nitrogens with zero attached hydrogens (tertiary/aromatic N) is 1. The molecule has 2 fully saturated rings. The standard InChI is InChI=1S/C15H19F2N3O2/c1-8(21)15(22)20-5-4-13-10(7-20)14(19-18-13)9-2-3-11(16)12(17)6-9/h2-3,6,8,10,13-14,18-19,21H,4-5,7H2,1H3. The van der Waals surface area contributed by atoms with Crippen LogP contribution in [0, 0.1) is 17.6 Å². The first-order valence-corrected chi connectivity index (χ1v) is 7.40. The number of carbonyl (C=O) groups excluding carboxylic acids is 1. The van der Waals surface area contributed by atoms with Gasteiger partial charge in [-0.2, -0.15) is 0 Å². The van der Waals surface area contributed by atoms with E-state index in [1.165, 1.54) is 13.0 Å². The number of hydrogen-bond acceptors (Lipinski definition) is 4. The number of fused-ring (bicyclic) bond motifs is 1. The highest BCUT2D eigenvalue weighted by molar-refractivity contribution is 5.80. The first-order chi connectivity index (χ1) is 10.5. The molecule has 0 aromatic heterocycles. The molecule has 3 rings (SSSR count). The number of carbonyl (C=O) groups is 1. The predicted octanol–water partition coefficient (Wildman–Crippen LogP) is 0.712. The van der Waals surface area contributed by atoms with Crippen LogP contribution in [0.4, 0.5) is 8.78 Å². The Kier molecular flexibility index (Phi) is 4.12. The van der Waals surface area contributed by atoms with Crippen LogP contribution in [0.25, 0.3) is 0 Å². The van der Waals surface area contributed by atoms with Gasteiger partial charge in [0.25, 0.3) is 5.91 Å². The molecule has 2 heterocycles.